The molecule has 0 bridgehead atoms. The highest BCUT2D eigenvalue weighted by Crippen LogP contribution is 2.29. The third kappa shape index (κ3) is 3.35. The maximum Gasteiger partial charge on any atom is 0.265 e. The Morgan fingerprint density at radius 3 is 2.71 bits per heavy atom. The van der Waals surface area contributed by atoms with Crippen molar-refractivity contribution in [1.82, 2.24) is 5.43 Å². The van der Waals surface area contributed by atoms with Gasteiger partial charge < -0.3 is 9.47 Å². The van der Waals surface area contributed by atoms with Crippen LogP contribution in [0.15, 0.2) is 18.2 Å². The molecule has 0 spiro atoms. The van der Waals surface area contributed by atoms with Crippen LogP contribution in [0.3, 0.4) is 0 Å². The van der Waals surface area contributed by atoms with Crippen molar-refractivity contribution in [3.05, 3.63) is 23.8 Å². The molecule has 0 saturated carbocycles. The fraction of sp³-hybridized carbons (Fsp3) is 0.417. The minimum atomic E-state index is -0.363. The van der Waals surface area contributed by atoms with E-state index in [0.717, 1.165) is 6.42 Å². The van der Waals surface area contributed by atoms with Crippen LogP contribution in [0.2, 0.25) is 0 Å². The number of carbonyl (C=O) groups is 1. The molecule has 5 nitrogen and oxygen atoms in total. The lowest BCUT2D eigenvalue weighted by Gasteiger charge is -2.15. The number of nitrogen functional groups attached to an aromatic ring is 1. The van der Waals surface area contributed by atoms with Crippen LogP contribution in [-0.2, 0) is 0 Å². The predicted octanol–water partition coefficient (Wildman–Crippen LogP) is 1.48. The van der Waals surface area contributed by atoms with Gasteiger partial charge in [-0.15, -0.1) is 0 Å². The van der Waals surface area contributed by atoms with Gasteiger partial charge in [0.2, 0.25) is 0 Å². The zero-order chi connectivity index (χ0) is 12.8. The third-order valence-corrected chi connectivity index (χ3v) is 2.46. The highest BCUT2D eigenvalue weighted by atomic mass is 16.5. The molecule has 0 aliphatic heterocycles. The minimum Gasteiger partial charge on any atom is -0.493 e. The van der Waals surface area contributed by atoms with Gasteiger partial charge in [0.1, 0.15) is 0 Å². The van der Waals surface area contributed by atoms with Crippen molar-refractivity contribution in [2.24, 2.45) is 5.84 Å². The molecule has 0 saturated heterocycles. The average molecular weight is 238 g/mol. The second-order valence-corrected chi connectivity index (χ2v) is 3.68. The quantitative estimate of drug-likeness (QED) is 0.463. The second-order valence-electron chi connectivity index (χ2n) is 3.68. The first-order valence-electron chi connectivity index (χ1n) is 5.48. The van der Waals surface area contributed by atoms with Crippen molar-refractivity contribution in [3.63, 3.8) is 0 Å². The van der Waals surface area contributed by atoms with Crippen molar-refractivity contribution in [2.45, 2.75) is 26.4 Å². The summed E-state index contributed by atoms with van der Waals surface area (Å²) in [6.45, 7) is 4.01. The van der Waals surface area contributed by atoms with Gasteiger partial charge in [0, 0.05) is 5.56 Å². The second kappa shape index (κ2) is 6.10. The molecule has 1 amide bonds. The third-order valence-electron chi connectivity index (χ3n) is 2.46. The van der Waals surface area contributed by atoms with Gasteiger partial charge in [0.05, 0.1) is 13.2 Å². The first kappa shape index (κ1) is 13.3. The summed E-state index contributed by atoms with van der Waals surface area (Å²) in [4.78, 5) is 11.3. The Labute approximate surface area is 101 Å². The Morgan fingerprint density at radius 2 is 2.18 bits per heavy atom. The number of benzene rings is 1. The molecule has 0 aromatic heterocycles. The number of hydrogen-bond acceptors (Lipinski definition) is 4. The van der Waals surface area contributed by atoms with Crippen LogP contribution < -0.4 is 20.7 Å². The van der Waals surface area contributed by atoms with E-state index < -0.39 is 0 Å². The highest BCUT2D eigenvalue weighted by Gasteiger charge is 2.11. The molecule has 0 radical (unpaired) electrons. The number of amides is 1. The van der Waals surface area contributed by atoms with Crippen LogP contribution in [-0.4, -0.2) is 19.1 Å². The molecule has 0 fully saturated rings. The van der Waals surface area contributed by atoms with Crippen LogP contribution in [0.1, 0.15) is 30.6 Å². The molecule has 17 heavy (non-hydrogen) atoms. The van der Waals surface area contributed by atoms with Gasteiger partial charge in [-0.3, -0.25) is 10.2 Å². The topological polar surface area (TPSA) is 73.6 Å². The van der Waals surface area contributed by atoms with E-state index >= 15 is 0 Å². The fourth-order valence-electron chi connectivity index (χ4n) is 1.29. The van der Waals surface area contributed by atoms with Crippen molar-refractivity contribution < 1.29 is 14.3 Å². The van der Waals surface area contributed by atoms with Crippen LogP contribution >= 0.6 is 0 Å². The summed E-state index contributed by atoms with van der Waals surface area (Å²) in [5, 5.41) is 0. The molecule has 1 aromatic rings. The zero-order valence-corrected chi connectivity index (χ0v) is 10.3. The van der Waals surface area contributed by atoms with Gasteiger partial charge in [-0.2, -0.15) is 0 Å². The molecule has 0 aliphatic rings. The van der Waals surface area contributed by atoms with Crippen molar-refractivity contribution >= 4 is 5.91 Å². The van der Waals surface area contributed by atoms with Crippen molar-refractivity contribution in [2.75, 3.05) is 7.11 Å². The summed E-state index contributed by atoms with van der Waals surface area (Å²) < 4.78 is 10.8. The lowest BCUT2D eigenvalue weighted by molar-refractivity contribution is 0.0953. The number of nitrogens with one attached hydrogen (secondary N) is 1. The average Bonchev–Trinajstić information content (AvgIpc) is 2.37. The Hall–Kier alpha value is -1.75. The number of hydrazine groups is 1. The molecule has 3 N–H and O–H groups in total. The van der Waals surface area contributed by atoms with Gasteiger partial charge in [0.25, 0.3) is 5.91 Å². The lowest BCUT2D eigenvalue weighted by atomic mass is 10.2. The van der Waals surface area contributed by atoms with E-state index in [1.54, 1.807) is 18.2 Å². The number of hydrogen-bond donors (Lipinski definition) is 2. The molecule has 94 valence electrons. The number of carbonyl (C=O) groups excluding carboxylic acids is 1. The summed E-state index contributed by atoms with van der Waals surface area (Å²) in [5.41, 5.74) is 2.50. The molecular weight excluding hydrogens is 220 g/mol. The SMILES string of the molecule is CCC(C)Oc1ccc(C(=O)NN)cc1OC. The standard InChI is InChI=1S/C12H18N2O3/c1-4-8(2)17-10-6-5-9(12(15)14-13)7-11(10)16-3/h5-8H,4,13H2,1-3H3,(H,14,15). The van der Waals surface area contributed by atoms with E-state index in [2.05, 4.69) is 5.43 Å². The van der Waals surface area contributed by atoms with Gasteiger partial charge in [-0.25, -0.2) is 5.84 Å². The maximum atomic E-state index is 11.3. The van der Waals surface area contributed by atoms with Crippen LogP contribution in [0.25, 0.3) is 0 Å². The molecule has 0 aliphatic carbocycles. The van der Waals surface area contributed by atoms with E-state index in [0.29, 0.717) is 17.1 Å². The van der Waals surface area contributed by atoms with Gasteiger partial charge in [-0.05, 0) is 31.5 Å². The monoisotopic (exact) mass is 238 g/mol. The normalized spacial score (nSPS) is 11.8. The number of rotatable bonds is 5. The van der Waals surface area contributed by atoms with E-state index in [1.807, 2.05) is 13.8 Å². The molecule has 5 heteroatoms. The number of nitrogens with two attached hydrogens (primary N) is 1. The highest BCUT2D eigenvalue weighted by molar-refractivity contribution is 5.94. The molecule has 1 rings (SSSR count). The Morgan fingerprint density at radius 1 is 1.47 bits per heavy atom. The summed E-state index contributed by atoms with van der Waals surface area (Å²) in [7, 11) is 1.53. The molecule has 0 heterocycles. The molecule has 1 atom stereocenters. The summed E-state index contributed by atoms with van der Waals surface area (Å²) in [6.07, 6.45) is 0.992. The Bertz CT molecular complexity index is 393. The number of ether oxygens (including phenoxy) is 2. The van der Waals surface area contributed by atoms with Gasteiger partial charge in [-0.1, -0.05) is 6.92 Å². The van der Waals surface area contributed by atoms with Gasteiger partial charge >= 0.3 is 0 Å². The Kier molecular flexibility index (Phi) is 4.78. The van der Waals surface area contributed by atoms with Crippen LogP contribution in [0.5, 0.6) is 11.5 Å². The zero-order valence-electron chi connectivity index (χ0n) is 10.3. The van der Waals surface area contributed by atoms with Crippen LogP contribution in [0.4, 0.5) is 0 Å². The molecule has 1 unspecified atom stereocenters. The van der Waals surface area contributed by atoms with Crippen LogP contribution in [0, 0.1) is 0 Å². The minimum absolute atomic E-state index is 0.0954. The molecular formula is C12H18N2O3. The first-order valence-corrected chi connectivity index (χ1v) is 5.48. The van der Waals surface area contributed by atoms with Crippen molar-refractivity contribution in [3.8, 4) is 11.5 Å². The van der Waals surface area contributed by atoms with Gasteiger partial charge in [0.15, 0.2) is 11.5 Å². The van der Waals surface area contributed by atoms with Crippen molar-refractivity contribution in [1.29, 1.82) is 0 Å². The largest absolute Gasteiger partial charge is 0.493 e. The first-order chi connectivity index (χ1) is 8.12. The number of methoxy groups -OCH3 is 1. The van der Waals surface area contributed by atoms with E-state index in [-0.39, 0.29) is 12.0 Å². The predicted molar refractivity (Wildman–Crippen MR) is 65.0 cm³/mol. The van der Waals surface area contributed by atoms with E-state index in [1.165, 1.54) is 7.11 Å². The lowest BCUT2D eigenvalue weighted by Crippen LogP contribution is -2.29. The maximum absolute atomic E-state index is 11.3. The van der Waals surface area contributed by atoms with E-state index in [4.69, 9.17) is 15.3 Å². The Balaban J connectivity index is 2.97. The summed E-state index contributed by atoms with van der Waals surface area (Å²) >= 11 is 0. The summed E-state index contributed by atoms with van der Waals surface area (Å²) in [6, 6.07) is 4.94. The fourth-order valence-corrected chi connectivity index (χ4v) is 1.29. The smallest absolute Gasteiger partial charge is 0.265 e. The molecule has 1 aromatic carbocycles. The summed E-state index contributed by atoms with van der Waals surface area (Å²) in [5.74, 6) is 5.84. The van der Waals surface area contributed by atoms with E-state index in [9.17, 15) is 4.79 Å².